The third kappa shape index (κ3) is 5.07. The van der Waals surface area contributed by atoms with E-state index in [1.807, 2.05) is 49.4 Å². The van der Waals surface area contributed by atoms with Gasteiger partial charge in [-0.25, -0.2) is 0 Å². The van der Waals surface area contributed by atoms with E-state index in [9.17, 15) is 9.59 Å². The van der Waals surface area contributed by atoms with Crippen molar-refractivity contribution in [3.63, 3.8) is 0 Å². The van der Waals surface area contributed by atoms with Crippen LogP contribution in [0.3, 0.4) is 0 Å². The maximum Gasteiger partial charge on any atom is 0.305 e. The number of ether oxygens (including phenoxy) is 1. The average Bonchev–Trinajstić information content (AvgIpc) is 2.53. The number of hydrogen-bond donors (Lipinski definition) is 2. The van der Waals surface area contributed by atoms with Crippen molar-refractivity contribution in [1.29, 1.82) is 0 Å². The van der Waals surface area contributed by atoms with Gasteiger partial charge in [0, 0.05) is 6.61 Å². The quantitative estimate of drug-likeness (QED) is 0.734. The van der Waals surface area contributed by atoms with Gasteiger partial charge in [0.05, 0.1) is 12.5 Å². The lowest BCUT2D eigenvalue weighted by Gasteiger charge is -2.18. The van der Waals surface area contributed by atoms with Crippen molar-refractivity contribution in [3.8, 4) is 0 Å². The Morgan fingerprint density at radius 1 is 1.17 bits per heavy atom. The minimum atomic E-state index is -0.960. The molecule has 2 N–H and O–H groups in total. The van der Waals surface area contributed by atoms with Crippen LogP contribution in [0.25, 0.3) is 10.8 Å². The van der Waals surface area contributed by atoms with Gasteiger partial charge in [-0.1, -0.05) is 43.3 Å². The second-order valence-electron chi connectivity index (χ2n) is 5.38. The minimum Gasteiger partial charge on any atom is -0.481 e. The van der Waals surface area contributed by atoms with E-state index < -0.39 is 12.0 Å². The van der Waals surface area contributed by atoms with E-state index in [0.717, 1.165) is 22.8 Å². The Labute approximate surface area is 135 Å². The number of carboxylic acids is 1. The molecular weight excluding hydrogens is 294 g/mol. The molecule has 0 radical (unpaired) electrons. The van der Waals surface area contributed by atoms with Gasteiger partial charge in [-0.05, 0) is 28.8 Å². The zero-order valence-electron chi connectivity index (χ0n) is 13.1. The van der Waals surface area contributed by atoms with Gasteiger partial charge < -0.3 is 15.2 Å². The maximum absolute atomic E-state index is 11.9. The molecule has 5 heteroatoms. The van der Waals surface area contributed by atoms with Crippen molar-refractivity contribution in [2.45, 2.75) is 25.8 Å². The number of benzene rings is 2. The summed E-state index contributed by atoms with van der Waals surface area (Å²) in [5, 5.41) is 13.9. The summed E-state index contributed by atoms with van der Waals surface area (Å²) in [4.78, 5) is 23.0. The topological polar surface area (TPSA) is 75.6 Å². The lowest BCUT2D eigenvalue weighted by atomic mass is 9.99. The van der Waals surface area contributed by atoms with Crippen molar-refractivity contribution in [2.24, 2.45) is 0 Å². The summed E-state index contributed by atoms with van der Waals surface area (Å²) in [6, 6.07) is 12.9. The SMILES string of the molecule is CCCOCC(=O)N[C@@H](CC(=O)O)c1ccc2ccccc2c1. The number of carboxylic acid groups (broad SMARTS) is 1. The van der Waals surface area contributed by atoms with E-state index in [2.05, 4.69) is 5.32 Å². The van der Waals surface area contributed by atoms with Crippen molar-refractivity contribution < 1.29 is 19.4 Å². The van der Waals surface area contributed by atoms with Gasteiger partial charge in [-0.2, -0.15) is 0 Å². The molecule has 0 bridgehead atoms. The molecule has 2 aromatic rings. The fraction of sp³-hybridized carbons (Fsp3) is 0.333. The number of amides is 1. The summed E-state index contributed by atoms with van der Waals surface area (Å²) < 4.78 is 5.20. The van der Waals surface area contributed by atoms with Crippen LogP contribution in [0.1, 0.15) is 31.4 Å². The summed E-state index contributed by atoms with van der Waals surface area (Å²) in [6.07, 6.45) is 0.661. The molecule has 2 rings (SSSR count). The van der Waals surface area contributed by atoms with Crippen LogP contribution in [0.15, 0.2) is 42.5 Å². The number of aliphatic carboxylic acids is 1. The highest BCUT2D eigenvalue weighted by atomic mass is 16.5. The fourth-order valence-electron chi connectivity index (χ4n) is 2.40. The first kappa shape index (κ1) is 17.0. The molecule has 5 nitrogen and oxygen atoms in total. The lowest BCUT2D eigenvalue weighted by Crippen LogP contribution is -2.33. The van der Waals surface area contributed by atoms with Crippen molar-refractivity contribution in [1.82, 2.24) is 5.32 Å². The van der Waals surface area contributed by atoms with Crippen LogP contribution in [-0.4, -0.2) is 30.2 Å². The van der Waals surface area contributed by atoms with Gasteiger partial charge in [0.1, 0.15) is 6.61 Å². The summed E-state index contributed by atoms with van der Waals surface area (Å²) in [5.41, 5.74) is 0.773. The van der Waals surface area contributed by atoms with Crippen LogP contribution in [0.4, 0.5) is 0 Å². The molecular formula is C18H21NO4. The van der Waals surface area contributed by atoms with Crippen molar-refractivity contribution >= 4 is 22.6 Å². The van der Waals surface area contributed by atoms with E-state index in [0.29, 0.717) is 6.61 Å². The third-order valence-corrected chi connectivity index (χ3v) is 3.47. The Morgan fingerprint density at radius 3 is 2.61 bits per heavy atom. The number of rotatable bonds is 8. The predicted octanol–water partition coefficient (Wildman–Crippen LogP) is 2.90. The number of carbonyl (C=O) groups is 2. The van der Waals surface area contributed by atoms with E-state index in [4.69, 9.17) is 9.84 Å². The normalized spacial score (nSPS) is 12.0. The molecule has 1 amide bonds. The van der Waals surface area contributed by atoms with Gasteiger partial charge in [-0.3, -0.25) is 9.59 Å². The molecule has 0 aromatic heterocycles. The summed E-state index contributed by atoms with van der Waals surface area (Å²) >= 11 is 0. The Balaban J connectivity index is 2.15. The molecule has 0 aliphatic heterocycles. The first-order valence-corrected chi connectivity index (χ1v) is 7.67. The first-order valence-electron chi connectivity index (χ1n) is 7.67. The van der Waals surface area contributed by atoms with Crippen LogP contribution in [0.5, 0.6) is 0 Å². The Kier molecular flexibility index (Phi) is 6.11. The molecule has 0 unspecified atom stereocenters. The van der Waals surface area contributed by atoms with E-state index >= 15 is 0 Å². The zero-order valence-corrected chi connectivity index (χ0v) is 13.1. The predicted molar refractivity (Wildman–Crippen MR) is 88.2 cm³/mol. The molecule has 23 heavy (non-hydrogen) atoms. The molecule has 122 valence electrons. The number of fused-ring (bicyclic) bond motifs is 1. The second-order valence-corrected chi connectivity index (χ2v) is 5.38. The van der Waals surface area contributed by atoms with E-state index in [1.54, 1.807) is 0 Å². The van der Waals surface area contributed by atoms with Gasteiger partial charge in [0.15, 0.2) is 0 Å². The highest BCUT2D eigenvalue weighted by Gasteiger charge is 2.18. The monoisotopic (exact) mass is 315 g/mol. The minimum absolute atomic E-state index is 0.0580. The van der Waals surface area contributed by atoms with Crippen LogP contribution in [-0.2, 0) is 14.3 Å². The lowest BCUT2D eigenvalue weighted by molar-refractivity contribution is -0.138. The van der Waals surface area contributed by atoms with Gasteiger partial charge in [-0.15, -0.1) is 0 Å². The molecule has 0 aliphatic carbocycles. The van der Waals surface area contributed by atoms with Crippen LogP contribution in [0, 0.1) is 0 Å². The summed E-state index contributed by atoms with van der Waals surface area (Å²) in [7, 11) is 0. The van der Waals surface area contributed by atoms with Crippen LogP contribution >= 0.6 is 0 Å². The molecule has 2 aromatic carbocycles. The summed E-state index contributed by atoms with van der Waals surface area (Å²) in [5.74, 6) is -1.27. The zero-order chi connectivity index (χ0) is 16.7. The van der Waals surface area contributed by atoms with Gasteiger partial charge in [0.25, 0.3) is 0 Å². The smallest absolute Gasteiger partial charge is 0.305 e. The van der Waals surface area contributed by atoms with Crippen molar-refractivity contribution in [3.05, 3.63) is 48.0 Å². The van der Waals surface area contributed by atoms with Crippen LogP contribution in [0.2, 0.25) is 0 Å². The molecule has 0 aliphatic rings. The molecule has 0 spiro atoms. The standard InChI is InChI=1S/C18H21NO4/c1-2-9-23-12-17(20)19-16(11-18(21)22)15-8-7-13-5-3-4-6-14(13)10-15/h3-8,10,16H,2,9,11-12H2,1H3,(H,19,20)(H,21,22)/t16-/m0/s1. The van der Waals surface area contributed by atoms with Gasteiger partial charge >= 0.3 is 5.97 Å². The third-order valence-electron chi connectivity index (χ3n) is 3.47. The highest BCUT2D eigenvalue weighted by Crippen LogP contribution is 2.22. The van der Waals surface area contributed by atoms with E-state index in [1.165, 1.54) is 0 Å². The molecule has 0 heterocycles. The summed E-state index contributed by atoms with van der Waals surface area (Å²) in [6.45, 7) is 2.41. The number of hydrogen-bond acceptors (Lipinski definition) is 3. The number of carbonyl (C=O) groups excluding carboxylic acids is 1. The molecule has 0 fully saturated rings. The van der Waals surface area contributed by atoms with Crippen molar-refractivity contribution in [2.75, 3.05) is 13.2 Å². The Morgan fingerprint density at radius 2 is 1.91 bits per heavy atom. The second kappa shape index (κ2) is 8.29. The maximum atomic E-state index is 11.9. The molecule has 0 saturated carbocycles. The van der Waals surface area contributed by atoms with Crippen LogP contribution < -0.4 is 5.32 Å². The molecule has 0 saturated heterocycles. The average molecular weight is 315 g/mol. The fourth-order valence-corrected chi connectivity index (χ4v) is 2.40. The van der Waals surface area contributed by atoms with Gasteiger partial charge in [0.2, 0.25) is 5.91 Å². The first-order chi connectivity index (χ1) is 11.1. The largest absolute Gasteiger partial charge is 0.481 e. The number of nitrogens with one attached hydrogen (secondary N) is 1. The Bertz CT molecular complexity index is 684. The highest BCUT2D eigenvalue weighted by molar-refractivity contribution is 5.84. The Hall–Kier alpha value is -2.40. The van der Waals surface area contributed by atoms with E-state index in [-0.39, 0.29) is 18.9 Å². The molecule has 1 atom stereocenters.